The van der Waals surface area contributed by atoms with Crippen LogP contribution in [0.25, 0.3) is 10.9 Å². The van der Waals surface area contributed by atoms with Crippen molar-refractivity contribution in [2.45, 2.75) is 39.5 Å². The average molecular weight is 533 g/mol. The molecule has 0 fully saturated rings. The SMILES string of the molecule is COCCn1nnnc1[C@H](c1cc2cc(C)c(C)cc2[nH]c1=O)N(Cc1ccco1)Cc1ccccc1Cl. The van der Waals surface area contributed by atoms with E-state index in [2.05, 4.69) is 38.4 Å². The van der Waals surface area contributed by atoms with E-state index in [1.807, 2.05) is 55.5 Å². The van der Waals surface area contributed by atoms with E-state index in [9.17, 15) is 4.79 Å². The lowest BCUT2D eigenvalue weighted by atomic mass is 10.00. The van der Waals surface area contributed by atoms with E-state index in [1.165, 1.54) is 0 Å². The van der Waals surface area contributed by atoms with Crippen LogP contribution in [0.1, 0.15) is 39.9 Å². The molecular weight excluding hydrogens is 504 g/mol. The highest BCUT2D eigenvalue weighted by molar-refractivity contribution is 6.31. The van der Waals surface area contributed by atoms with Crippen LogP contribution in [0.4, 0.5) is 0 Å². The Kier molecular flexibility index (Phi) is 7.69. The van der Waals surface area contributed by atoms with Gasteiger partial charge in [0, 0.05) is 29.8 Å². The number of aromatic amines is 1. The summed E-state index contributed by atoms with van der Waals surface area (Å²) >= 11 is 6.59. The van der Waals surface area contributed by atoms with Crippen LogP contribution >= 0.6 is 11.6 Å². The van der Waals surface area contributed by atoms with Crippen molar-refractivity contribution in [1.82, 2.24) is 30.1 Å². The summed E-state index contributed by atoms with van der Waals surface area (Å²) in [7, 11) is 1.63. The molecule has 38 heavy (non-hydrogen) atoms. The number of nitrogens with zero attached hydrogens (tertiary/aromatic N) is 5. The van der Waals surface area contributed by atoms with Crippen LogP contribution in [-0.2, 0) is 24.4 Å². The summed E-state index contributed by atoms with van der Waals surface area (Å²) in [6.45, 7) is 5.75. The summed E-state index contributed by atoms with van der Waals surface area (Å²) < 4.78 is 12.7. The summed E-state index contributed by atoms with van der Waals surface area (Å²) in [6, 6.07) is 16.8. The normalized spacial score (nSPS) is 12.4. The molecule has 0 radical (unpaired) electrons. The predicted molar refractivity (Wildman–Crippen MR) is 145 cm³/mol. The first-order valence-corrected chi connectivity index (χ1v) is 12.7. The third kappa shape index (κ3) is 5.40. The Hall–Kier alpha value is -3.79. The number of ether oxygens (including phenoxy) is 1. The van der Waals surface area contributed by atoms with Crippen molar-refractivity contribution in [1.29, 1.82) is 0 Å². The number of fused-ring (bicyclic) bond motifs is 1. The van der Waals surface area contributed by atoms with Gasteiger partial charge < -0.3 is 14.1 Å². The van der Waals surface area contributed by atoms with Crippen molar-refractivity contribution < 1.29 is 9.15 Å². The molecule has 0 bridgehead atoms. The Balaban J connectivity index is 1.71. The summed E-state index contributed by atoms with van der Waals surface area (Å²) in [5.41, 5.74) is 4.25. The number of benzene rings is 2. The molecule has 2 aromatic carbocycles. The maximum Gasteiger partial charge on any atom is 0.253 e. The second kappa shape index (κ2) is 11.3. The Morgan fingerprint density at radius 1 is 1.11 bits per heavy atom. The molecule has 3 heterocycles. The number of methoxy groups -OCH3 is 1. The molecule has 0 amide bonds. The molecule has 5 aromatic rings. The minimum atomic E-state index is -0.613. The fourth-order valence-corrected chi connectivity index (χ4v) is 4.82. The van der Waals surface area contributed by atoms with Gasteiger partial charge in [0.15, 0.2) is 5.82 Å². The number of hydrogen-bond acceptors (Lipinski definition) is 7. The second-order valence-corrected chi connectivity index (χ2v) is 9.72. The van der Waals surface area contributed by atoms with E-state index in [0.717, 1.165) is 33.4 Å². The first-order chi connectivity index (χ1) is 18.4. The summed E-state index contributed by atoms with van der Waals surface area (Å²) in [5, 5.41) is 14.1. The van der Waals surface area contributed by atoms with Gasteiger partial charge in [-0.15, -0.1) is 5.10 Å². The third-order valence-corrected chi connectivity index (χ3v) is 7.10. The van der Waals surface area contributed by atoms with E-state index in [1.54, 1.807) is 18.1 Å². The number of halogens is 1. The van der Waals surface area contributed by atoms with E-state index in [0.29, 0.717) is 42.7 Å². The van der Waals surface area contributed by atoms with Crippen molar-refractivity contribution in [2.75, 3.05) is 13.7 Å². The lowest BCUT2D eigenvalue weighted by Gasteiger charge is -2.30. The molecule has 1 atom stereocenters. The molecule has 0 aliphatic rings. The Bertz CT molecular complexity index is 1590. The molecule has 0 unspecified atom stereocenters. The number of H-pyrrole nitrogens is 1. The number of aryl methyl sites for hydroxylation is 2. The maximum atomic E-state index is 13.7. The molecule has 3 aromatic heterocycles. The van der Waals surface area contributed by atoms with Crippen LogP contribution < -0.4 is 5.56 Å². The van der Waals surface area contributed by atoms with Crippen molar-refractivity contribution in [3.05, 3.63) is 110 Å². The first-order valence-electron chi connectivity index (χ1n) is 12.3. The molecule has 5 rings (SSSR count). The van der Waals surface area contributed by atoms with Crippen molar-refractivity contribution in [2.24, 2.45) is 0 Å². The van der Waals surface area contributed by atoms with E-state index in [-0.39, 0.29) is 5.56 Å². The summed E-state index contributed by atoms with van der Waals surface area (Å²) in [6.07, 6.45) is 1.63. The minimum absolute atomic E-state index is 0.212. The van der Waals surface area contributed by atoms with Crippen LogP contribution in [0.3, 0.4) is 0 Å². The van der Waals surface area contributed by atoms with Crippen molar-refractivity contribution in [3.8, 4) is 0 Å². The maximum absolute atomic E-state index is 13.7. The number of pyridine rings is 1. The van der Waals surface area contributed by atoms with Gasteiger partial charge in [0.2, 0.25) is 0 Å². The zero-order chi connectivity index (χ0) is 26.6. The molecule has 9 nitrogen and oxygen atoms in total. The Labute approximate surface area is 225 Å². The summed E-state index contributed by atoms with van der Waals surface area (Å²) in [4.78, 5) is 18.9. The zero-order valence-electron chi connectivity index (χ0n) is 21.5. The lowest BCUT2D eigenvalue weighted by molar-refractivity contribution is 0.163. The highest BCUT2D eigenvalue weighted by atomic mass is 35.5. The van der Waals surface area contributed by atoms with E-state index in [4.69, 9.17) is 20.8 Å². The van der Waals surface area contributed by atoms with Crippen molar-refractivity contribution in [3.63, 3.8) is 0 Å². The average Bonchev–Trinajstić information content (AvgIpc) is 3.58. The molecule has 0 aliphatic heterocycles. The molecule has 0 saturated carbocycles. The van der Waals surface area contributed by atoms with Gasteiger partial charge in [-0.1, -0.05) is 29.8 Å². The van der Waals surface area contributed by atoms with Crippen LogP contribution in [0.15, 0.2) is 70.1 Å². The molecule has 0 saturated heterocycles. The zero-order valence-corrected chi connectivity index (χ0v) is 22.3. The third-order valence-electron chi connectivity index (χ3n) is 6.73. The lowest BCUT2D eigenvalue weighted by Crippen LogP contribution is -2.35. The number of hydrogen-bond donors (Lipinski definition) is 1. The molecule has 0 aliphatic carbocycles. The molecule has 196 valence electrons. The molecule has 1 N–H and O–H groups in total. The smallest absolute Gasteiger partial charge is 0.253 e. The number of nitrogens with one attached hydrogen (secondary N) is 1. The Morgan fingerprint density at radius 3 is 2.68 bits per heavy atom. The largest absolute Gasteiger partial charge is 0.468 e. The highest BCUT2D eigenvalue weighted by Crippen LogP contribution is 2.32. The van der Waals surface area contributed by atoms with Crippen LogP contribution in [0, 0.1) is 13.8 Å². The van der Waals surface area contributed by atoms with Gasteiger partial charge in [-0.25, -0.2) is 4.68 Å². The topological polar surface area (TPSA) is 102 Å². The summed E-state index contributed by atoms with van der Waals surface area (Å²) in [5.74, 6) is 1.26. The van der Waals surface area contributed by atoms with Crippen LogP contribution in [-0.4, -0.2) is 43.8 Å². The van der Waals surface area contributed by atoms with Gasteiger partial charge in [-0.3, -0.25) is 9.69 Å². The standard InChI is InChI=1S/C28H29ClN6O3/c1-18-13-21-15-23(28(36)30-25(21)14-19(18)2)26(27-31-32-33-35(27)10-12-37-3)34(17-22-8-6-11-38-22)16-20-7-4-5-9-24(20)29/h4-9,11,13-15,26H,10,12,16-17H2,1-3H3,(H,30,36)/t26-/m0/s1. The highest BCUT2D eigenvalue weighted by Gasteiger charge is 2.31. The van der Waals surface area contributed by atoms with Crippen LogP contribution in [0.2, 0.25) is 5.02 Å². The van der Waals surface area contributed by atoms with Gasteiger partial charge in [0.05, 0.1) is 26.0 Å². The quantitative estimate of drug-likeness (QED) is 0.275. The fourth-order valence-electron chi connectivity index (χ4n) is 4.63. The molecule has 0 spiro atoms. The Morgan fingerprint density at radius 2 is 1.92 bits per heavy atom. The van der Waals surface area contributed by atoms with Crippen LogP contribution in [0.5, 0.6) is 0 Å². The monoisotopic (exact) mass is 532 g/mol. The van der Waals surface area contributed by atoms with Gasteiger partial charge in [-0.05, 0) is 82.7 Å². The van der Waals surface area contributed by atoms with Gasteiger partial charge in [-0.2, -0.15) is 0 Å². The van der Waals surface area contributed by atoms with Crippen molar-refractivity contribution >= 4 is 22.5 Å². The van der Waals surface area contributed by atoms with Gasteiger partial charge >= 0.3 is 0 Å². The number of rotatable bonds is 10. The predicted octanol–water partition coefficient (Wildman–Crippen LogP) is 4.82. The van der Waals surface area contributed by atoms with E-state index < -0.39 is 6.04 Å². The number of furan rings is 1. The van der Waals surface area contributed by atoms with Gasteiger partial charge in [0.25, 0.3) is 5.56 Å². The fraction of sp³-hybridized carbons (Fsp3) is 0.286. The first kappa shape index (κ1) is 25.8. The minimum Gasteiger partial charge on any atom is -0.468 e. The number of aromatic nitrogens is 5. The molecule has 10 heteroatoms. The second-order valence-electron chi connectivity index (χ2n) is 9.31. The number of tetrazole rings is 1. The van der Waals surface area contributed by atoms with Gasteiger partial charge in [0.1, 0.15) is 11.8 Å². The molecular formula is C28H29ClN6O3. The van der Waals surface area contributed by atoms with E-state index >= 15 is 0 Å².